The lowest BCUT2D eigenvalue weighted by Crippen LogP contribution is -2.01. The zero-order chi connectivity index (χ0) is 12.4. The van der Waals surface area contributed by atoms with Crippen LogP contribution in [0.3, 0.4) is 0 Å². The molecule has 0 spiro atoms. The molecule has 2 rings (SSSR count). The summed E-state index contributed by atoms with van der Waals surface area (Å²) < 4.78 is 13.9. The molecule has 0 saturated carbocycles. The van der Waals surface area contributed by atoms with Gasteiger partial charge in [-0.1, -0.05) is 12.1 Å². The number of rotatable bonds is 2. The lowest BCUT2D eigenvalue weighted by atomic mass is 10.0. The van der Waals surface area contributed by atoms with Crippen LogP contribution >= 0.6 is 0 Å². The lowest BCUT2D eigenvalue weighted by Gasteiger charge is -2.06. The Morgan fingerprint density at radius 3 is 2.76 bits per heavy atom. The van der Waals surface area contributed by atoms with Crippen molar-refractivity contribution in [2.45, 2.75) is 6.92 Å². The second-order valence-electron chi connectivity index (χ2n) is 3.66. The topological polar surface area (TPSA) is 50.2 Å². The molecule has 3 nitrogen and oxygen atoms in total. The quantitative estimate of drug-likeness (QED) is 0.864. The molecule has 0 bridgehead atoms. The molecular formula is C13H10FNO2. The summed E-state index contributed by atoms with van der Waals surface area (Å²) >= 11 is 0. The Labute approximate surface area is 97.6 Å². The monoisotopic (exact) mass is 231 g/mol. The highest BCUT2D eigenvalue weighted by molar-refractivity contribution is 5.89. The van der Waals surface area contributed by atoms with Crippen molar-refractivity contribution in [2.75, 3.05) is 0 Å². The molecule has 0 fully saturated rings. The van der Waals surface area contributed by atoms with Gasteiger partial charge in [-0.2, -0.15) is 0 Å². The third-order valence-electron chi connectivity index (χ3n) is 2.44. The summed E-state index contributed by atoms with van der Waals surface area (Å²) in [5.74, 6) is -1.99. The summed E-state index contributed by atoms with van der Waals surface area (Å²) in [7, 11) is 0. The molecular weight excluding hydrogens is 221 g/mol. The predicted molar refractivity (Wildman–Crippen MR) is 61.3 cm³/mol. The summed E-state index contributed by atoms with van der Waals surface area (Å²) in [6, 6.07) is 7.68. The number of hydrogen-bond donors (Lipinski definition) is 1. The number of aromatic nitrogens is 1. The van der Waals surface area contributed by atoms with Gasteiger partial charge in [0.1, 0.15) is 5.82 Å². The van der Waals surface area contributed by atoms with Crippen LogP contribution in [0.15, 0.2) is 36.5 Å². The van der Waals surface area contributed by atoms with Crippen LogP contribution in [0, 0.1) is 12.7 Å². The normalized spacial score (nSPS) is 10.2. The van der Waals surface area contributed by atoms with Crippen LogP contribution < -0.4 is 0 Å². The van der Waals surface area contributed by atoms with Gasteiger partial charge in [-0.3, -0.25) is 4.98 Å². The van der Waals surface area contributed by atoms with Crippen LogP contribution in [0.2, 0.25) is 0 Å². The number of nitrogens with zero attached hydrogens (tertiary/aromatic N) is 1. The van der Waals surface area contributed by atoms with E-state index < -0.39 is 11.8 Å². The van der Waals surface area contributed by atoms with Crippen LogP contribution in [-0.4, -0.2) is 16.1 Å². The van der Waals surface area contributed by atoms with Gasteiger partial charge in [0.2, 0.25) is 0 Å². The summed E-state index contributed by atoms with van der Waals surface area (Å²) in [4.78, 5) is 14.8. The van der Waals surface area contributed by atoms with E-state index in [2.05, 4.69) is 4.98 Å². The van der Waals surface area contributed by atoms with E-state index in [1.807, 2.05) is 0 Å². The van der Waals surface area contributed by atoms with Gasteiger partial charge in [0, 0.05) is 17.5 Å². The molecule has 1 N–H and O–H groups in total. The number of carbonyl (C=O) groups is 1. The maximum atomic E-state index is 13.9. The van der Waals surface area contributed by atoms with Crippen molar-refractivity contribution < 1.29 is 14.3 Å². The first kappa shape index (κ1) is 11.3. The summed E-state index contributed by atoms with van der Waals surface area (Å²) in [5.41, 5.74) is 1.33. The molecule has 0 amide bonds. The average molecular weight is 231 g/mol. The van der Waals surface area contributed by atoms with Gasteiger partial charge in [-0.05, 0) is 30.7 Å². The standard InChI is InChI=1S/C13H10FNO2/c1-8-7-9(5-6-15-8)10-3-2-4-11(12(10)14)13(16)17/h2-7H,1H3,(H,16,17). The van der Waals surface area contributed by atoms with E-state index in [-0.39, 0.29) is 11.1 Å². The van der Waals surface area contributed by atoms with Crippen molar-refractivity contribution in [3.8, 4) is 11.1 Å². The van der Waals surface area contributed by atoms with Crippen molar-refractivity contribution in [2.24, 2.45) is 0 Å². The summed E-state index contributed by atoms with van der Waals surface area (Å²) in [6.45, 7) is 1.79. The first-order valence-electron chi connectivity index (χ1n) is 5.04. The number of benzene rings is 1. The predicted octanol–water partition coefficient (Wildman–Crippen LogP) is 2.89. The molecule has 0 saturated heterocycles. The van der Waals surface area contributed by atoms with E-state index in [1.165, 1.54) is 12.1 Å². The molecule has 4 heteroatoms. The molecule has 1 aromatic carbocycles. The Morgan fingerprint density at radius 1 is 1.35 bits per heavy atom. The van der Waals surface area contributed by atoms with E-state index in [4.69, 9.17) is 5.11 Å². The molecule has 1 heterocycles. The molecule has 86 valence electrons. The molecule has 0 aliphatic heterocycles. The smallest absolute Gasteiger partial charge is 0.338 e. The molecule has 0 aliphatic carbocycles. The van der Waals surface area contributed by atoms with Crippen molar-refractivity contribution in [3.05, 3.63) is 53.6 Å². The largest absolute Gasteiger partial charge is 0.478 e. The maximum absolute atomic E-state index is 13.9. The zero-order valence-corrected chi connectivity index (χ0v) is 9.14. The van der Waals surface area contributed by atoms with Crippen LogP contribution in [0.5, 0.6) is 0 Å². The van der Waals surface area contributed by atoms with Gasteiger partial charge in [0.25, 0.3) is 0 Å². The van der Waals surface area contributed by atoms with Crippen molar-refractivity contribution in [1.29, 1.82) is 0 Å². The third kappa shape index (κ3) is 2.15. The number of carboxylic acid groups (broad SMARTS) is 1. The molecule has 0 radical (unpaired) electrons. The fraction of sp³-hybridized carbons (Fsp3) is 0.0769. The Hall–Kier alpha value is -2.23. The second kappa shape index (κ2) is 4.33. The number of aryl methyl sites for hydroxylation is 1. The molecule has 0 aliphatic rings. The van der Waals surface area contributed by atoms with Crippen molar-refractivity contribution in [1.82, 2.24) is 4.98 Å². The zero-order valence-electron chi connectivity index (χ0n) is 9.14. The van der Waals surface area contributed by atoms with Crippen LogP contribution in [0.4, 0.5) is 4.39 Å². The Kier molecular flexibility index (Phi) is 2.87. The number of pyridine rings is 1. The fourth-order valence-corrected chi connectivity index (χ4v) is 1.63. The van der Waals surface area contributed by atoms with E-state index in [0.29, 0.717) is 5.56 Å². The van der Waals surface area contributed by atoms with E-state index in [0.717, 1.165) is 5.69 Å². The minimum absolute atomic E-state index is 0.274. The van der Waals surface area contributed by atoms with Crippen LogP contribution in [0.1, 0.15) is 16.1 Å². The van der Waals surface area contributed by atoms with E-state index >= 15 is 0 Å². The Morgan fingerprint density at radius 2 is 2.12 bits per heavy atom. The van der Waals surface area contributed by atoms with Gasteiger partial charge in [-0.15, -0.1) is 0 Å². The van der Waals surface area contributed by atoms with Gasteiger partial charge < -0.3 is 5.11 Å². The number of aromatic carboxylic acids is 1. The first-order chi connectivity index (χ1) is 8.09. The highest BCUT2D eigenvalue weighted by Crippen LogP contribution is 2.25. The second-order valence-corrected chi connectivity index (χ2v) is 3.66. The van der Waals surface area contributed by atoms with Gasteiger partial charge in [0.15, 0.2) is 0 Å². The molecule has 2 aromatic rings. The Balaban J connectivity index is 2.60. The third-order valence-corrected chi connectivity index (χ3v) is 2.44. The SMILES string of the molecule is Cc1cc(-c2cccc(C(=O)O)c2F)ccn1. The number of halogens is 1. The average Bonchev–Trinajstić information content (AvgIpc) is 2.29. The summed E-state index contributed by atoms with van der Waals surface area (Å²) in [5, 5.41) is 8.84. The highest BCUT2D eigenvalue weighted by atomic mass is 19.1. The molecule has 1 aromatic heterocycles. The lowest BCUT2D eigenvalue weighted by molar-refractivity contribution is 0.0692. The van der Waals surface area contributed by atoms with Crippen molar-refractivity contribution >= 4 is 5.97 Å². The highest BCUT2D eigenvalue weighted by Gasteiger charge is 2.14. The fourth-order valence-electron chi connectivity index (χ4n) is 1.63. The van der Waals surface area contributed by atoms with E-state index in [9.17, 15) is 9.18 Å². The number of hydrogen-bond acceptors (Lipinski definition) is 2. The first-order valence-corrected chi connectivity index (χ1v) is 5.04. The molecule has 0 atom stereocenters. The Bertz CT molecular complexity index is 581. The summed E-state index contributed by atoms with van der Waals surface area (Å²) in [6.07, 6.45) is 1.57. The minimum Gasteiger partial charge on any atom is -0.478 e. The minimum atomic E-state index is -1.27. The maximum Gasteiger partial charge on any atom is 0.338 e. The molecule has 17 heavy (non-hydrogen) atoms. The van der Waals surface area contributed by atoms with Gasteiger partial charge in [-0.25, -0.2) is 9.18 Å². The van der Waals surface area contributed by atoms with Crippen LogP contribution in [0.25, 0.3) is 11.1 Å². The van der Waals surface area contributed by atoms with E-state index in [1.54, 1.807) is 31.3 Å². The molecule has 0 unspecified atom stereocenters. The van der Waals surface area contributed by atoms with Crippen molar-refractivity contribution in [3.63, 3.8) is 0 Å². The number of carboxylic acids is 1. The van der Waals surface area contributed by atoms with Gasteiger partial charge in [0.05, 0.1) is 5.56 Å². The van der Waals surface area contributed by atoms with Crippen LogP contribution in [-0.2, 0) is 0 Å². The van der Waals surface area contributed by atoms with Gasteiger partial charge >= 0.3 is 5.97 Å².